The fraction of sp³-hybridized carbons (Fsp3) is 0.368. The number of halogens is 1. The number of nitrogens with zero attached hydrogens (tertiary/aromatic N) is 1. The second-order valence-electron chi connectivity index (χ2n) is 6.89. The van der Waals surface area contributed by atoms with E-state index < -0.39 is 0 Å². The minimum Gasteiger partial charge on any atom is -0.353 e. The van der Waals surface area contributed by atoms with Crippen molar-refractivity contribution in [2.24, 2.45) is 11.8 Å². The molecule has 0 saturated heterocycles. The molecule has 23 heavy (non-hydrogen) atoms. The lowest BCUT2D eigenvalue weighted by Crippen LogP contribution is -2.25. The fourth-order valence-corrected chi connectivity index (χ4v) is 3.76. The molecule has 118 valence electrons. The molecule has 3 nitrogen and oxygen atoms in total. The molecule has 1 N–H and O–H groups in total. The summed E-state index contributed by atoms with van der Waals surface area (Å²) in [7, 11) is 0. The van der Waals surface area contributed by atoms with E-state index in [1.54, 1.807) is 6.07 Å². The van der Waals surface area contributed by atoms with E-state index in [0.29, 0.717) is 34.6 Å². The third-order valence-electron chi connectivity index (χ3n) is 5.10. The molecule has 1 aromatic carbocycles. The number of carbonyl (C=O) groups is 1. The molecule has 0 fully saturated rings. The number of aromatic amines is 1. The Balaban J connectivity index is 2.11. The van der Waals surface area contributed by atoms with Crippen molar-refractivity contribution in [1.29, 1.82) is 0 Å². The number of H-pyrrole nitrogens is 1. The van der Waals surface area contributed by atoms with E-state index >= 15 is 0 Å². The molecule has 0 aliphatic heterocycles. The lowest BCUT2D eigenvalue weighted by Gasteiger charge is -2.26. The van der Waals surface area contributed by atoms with Crippen molar-refractivity contribution in [3.63, 3.8) is 0 Å². The van der Waals surface area contributed by atoms with E-state index in [9.17, 15) is 9.18 Å². The summed E-state index contributed by atoms with van der Waals surface area (Å²) in [6.45, 7) is 6.19. The second kappa shape index (κ2) is 4.88. The van der Waals surface area contributed by atoms with Crippen LogP contribution in [0.5, 0.6) is 0 Å². The minimum absolute atomic E-state index is 0.0894. The van der Waals surface area contributed by atoms with E-state index in [1.807, 2.05) is 13.0 Å². The number of aromatic nitrogens is 2. The van der Waals surface area contributed by atoms with Crippen LogP contribution in [0.4, 0.5) is 4.39 Å². The molecule has 2 aromatic heterocycles. The van der Waals surface area contributed by atoms with Gasteiger partial charge in [-0.05, 0) is 37.3 Å². The van der Waals surface area contributed by atoms with Crippen LogP contribution in [0.2, 0.25) is 0 Å². The molecule has 0 saturated carbocycles. The smallest absolute Gasteiger partial charge is 0.165 e. The van der Waals surface area contributed by atoms with Crippen LogP contribution in [0.1, 0.15) is 42.0 Å². The van der Waals surface area contributed by atoms with E-state index in [1.165, 1.54) is 6.07 Å². The summed E-state index contributed by atoms with van der Waals surface area (Å²) in [4.78, 5) is 20.7. The summed E-state index contributed by atoms with van der Waals surface area (Å²) >= 11 is 0. The zero-order chi connectivity index (χ0) is 16.3. The van der Waals surface area contributed by atoms with Crippen LogP contribution in [0.3, 0.4) is 0 Å². The summed E-state index contributed by atoms with van der Waals surface area (Å²) in [5.74, 6) is 0.547. The van der Waals surface area contributed by atoms with Crippen LogP contribution in [0.15, 0.2) is 18.2 Å². The fourth-order valence-electron chi connectivity index (χ4n) is 3.76. The van der Waals surface area contributed by atoms with Crippen molar-refractivity contribution < 1.29 is 9.18 Å². The first-order chi connectivity index (χ1) is 11.0. The minimum atomic E-state index is -0.291. The van der Waals surface area contributed by atoms with Crippen LogP contribution in [0, 0.1) is 24.6 Å². The summed E-state index contributed by atoms with van der Waals surface area (Å²) in [5.41, 5.74) is 3.77. The topological polar surface area (TPSA) is 45.8 Å². The first-order valence-corrected chi connectivity index (χ1v) is 8.10. The van der Waals surface area contributed by atoms with E-state index in [2.05, 4.69) is 23.8 Å². The summed E-state index contributed by atoms with van der Waals surface area (Å²) in [5, 5.41) is 1.23. The molecule has 1 aliphatic carbocycles. The Hall–Kier alpha value is -2.23. The van der Waals surface area contributed by atoms with E-state index in [4.69, 9.17) is 0 Å². The zero-order valence-electron chi connectivity index (χ0n) is 13.5. The quantitative estimate of drug-likeness (QED) is 0.716. The van der Waals surface area contributed by atoms with E-state index in [0.717, 1.165) is 28.8 Å². The van der Waals surface area contributed by atoms with Gasteiger partial charge in [0.1, 0.15) is 5.82 Å². The first kappa shape index (κ1) is 14.4. The molecule has 0 amide bonds. The molecule has 4 heteroatoms. The van der Waals surface area contributed by atoms with Gasteiger partial charge >= 0.3 is 0 Å². The third kappa shape index (κ3) is 2.01. The molecule has 1 atom stereocenters. The largest absolute Gasteiger partial charge is 0.353 e. The highest BCUT2D eigenvalue weighted by atomic mass is 19.1. The van der Waals surface area contributed by atoms with Gasteiger partial charge in [0, 0.05) is 28.3 Å². The zero-order valence-corrected chi connectivity index (χ0v) is 13.5. The molecule has 0 spiro atoms. The maximum atomic E-state index is 14.4. The van der Waals surface area contributed by atoms with Crippen molar-refractivity contribution in [2.75, 3.05) is 0 Å². The van der Waals surface area contributed by atoms with Gasteiger partial charge in [-0.2, -0.15) is 0 Å². The average molecular weight is 310 g/mol. The Kier molecular flexibility index (Phi) is 3.05. The number of pyridine rings is 1. The molecule has 3 aromatic rings. The van der Waals surface area contributed by atoms with Crippen LogP contribution in [0.25, 0.3) is 21.8 Å². The molecular formula is C19H19FN2O. The number of hydrogen-bond donors (Lipinski definition) is 1. The normalized spacial score (nSPS) is 18.1. The SMILES string of the molecule is Cc1nc2c(c3c1[nH]c1cccc(F)c13)C(=O)CC(C(C)C)C2. The van der Waals surface area contributed by atoms with Gasteiger partial charge in [-0.25, -0.2) is 4.39 Å². The third-order valence-corrected chi connectivity index (χ3v) is 5.10. The van der Waals surface area contributed by atoms with Gasteiger partial charge in [-0.3, -0.25) is 9.78 Å². The van der Waals surface area contributed by atoms with Crippen molar-refractivity contribution >= 4 is 27.6 Å². The number of nitrogens with one attached hydrogen (secondary N) is 1. The van der Waals surface area contributed by atoms with Crippen LogP contribution in [-0.4, -0.2) is 15.8 Å². The summed E-state index contributed by atoms with van der Waals surface area (Å²) in [6.07, 6.45) is 1.31. The monoisotopic (exact) mass is 310 g/mol. The van der Waals surface area contributed by atoms with Crippen molar-refractivity contribution in [3.8, 4) is 0 Å². The number of ketones is 1. The predicted octanol–water partition coefficient (Wildman–Crippen LogP) is 4.56. The Labute approximate surface area is 133 Å². The predicted molar refractivity (Wildman–Crippen MR) is 89.3 cm³/mol. The van der Waals surface area contributed by atoms with Gasteiger partial charge in [0.2, 0.25) is 0 Å². The number of fused-ring (bicyclic) bond motifs is 5. The molecule has 1 aliphatic rings. The number of hydrogen-bond acceptors (Lipinski definition) is 2. The van der Waals surface area contributed by atoms with Gasteiger partial charge in [-0.1, -0.05) is 19.9 Å². The van der Waals surface area contributed by atoms with Crippen LogP contribution >= 0.6 is 0 Å². The number of carbonyl (C=O) groups excluding carboxylic acids is 1. The van der Waals surface area contributed by atoms with Crippen molar-refractivity contribution in [3.05, 3.63) is 41.0 Å². The molecule has 2 heterocycles. The maximum absolute atomic E-state index is 14.4. The van der Waals surface area contributed by atoms with Crippen molar-refractivity contribution in [1.82, 2.24) is 9.97 Å². The number of aryl methyl sites for hydroxylation is 1. The van der Waals surface area contributed by atoms with Gasteiger partial charge in [0.15, 0.2) is 5.78 Å². The highest BCUT2D eigenvalue weighted by molar-refractivity contribution is 6.19. The average Bonchev–Trinajstić information content (AvgIpc) is 2.88. The standard InChI is InChI=1S/C19H19FN2O/c1-9(2)11-7-14-17(15(23)8-11)18-16-12(20)5-4-6-13(16)22-19(18)10(3)21-14/h4-6,9,11,22H,7-8H2,1-3H3. The van der Waals surface area contributed by atoms with Gasteiger partial charge in [-0.15, -0.1) is 0 Å². The first-order valence-electron chi connectivity index (χ1n) is 8.10. The second-order valence-corrected chi connectivity index (χ2v) is 6.89. The molecule has 4 rings (SSSR count). The van der Waals surface area contributed by atoms with Gasteiger partial charge < -0.3 is 4.98 Å². The van der Waals surface area contributed by atoms with Gasteiger partial charge in [0.25, 0.3) is 0 Å². The lowest BCUT2D eigenvalue weighted by molar-refractivity contribution is 0.0933. The summed E-state index contributed by atoms with van der Waals surface area (Å²) < 4.78 is 14.4. The lowest BCUT2D eigenvalue weighted by atomic mass is 9.78. The Bertz CT molecular complexity index is 955. The number of Topliss-reactive ketones (excluding diaryl/α,β-unsaturated/α-hetero) is 1. The van der Waals surface area contributed by atoms with Crippen LogP contribution < -0.4 is 0 Å². The van der Waals surface area contributed by atoms with Crippen LogP contribution in [-0.2, 0) is 6.42 Å². The number of benzene rings is 1. The summed E-state index contributed by atoms with van der Waals surface area (Å²) in [6, 6.07) is 4.97. The Morgan fingerprint density at radius 2 is 2.04 bits per heavy atom. The highest BCUT2D eigenvalue weighted by Gasteiger charge is 2.31. The molecule has 0 radical (unpaired) electrons. The highest BCUT2D eigenvalue weighted by Crippen LogP contribution is 2.38. The van der Waals surface area contributed by atoms with E-state index in [-0.39, 0.29) is 11.6 Å². The molecule has 0 bridgehead atoms. The molecule has 1 unspecified atom stereocenters. The Morgan fingerprint density at radius 1 is 1.26 bits per heavy atom. The maximum Gasteiger partial charge on any atom is 0.165 e. The number of rotatable bonds is 1. The van der Waals surface area contributed by atoms with Crippen molar-refractivity contribution in [2.45, 2.75) is 33.6 Å². The Morgan fingerprint density at radius 3 is 2.78 bits per heavy atom. The van der Waals surface area contributed by atoms with Gasteiger partial charge in [0.05, 0.1) is 16.9 Å². The molecular weight excluding hydrogens is 291 g/mol.